The van der Waals surface area contributed by atoms with Crippen LogP contribution < -0.4 is 16.0 Å². The van der Waals surface area contributed by atoms with Gasteiger partial charge in [-0.2, -0.15) is 13.2 Å². The van der Waals surface area contributed by atoms with Gasteiger partial charge < -0.3 is 16.0 Å². The molecule has 4 nitrogen and oxygen atoms in total. The van der Waals surface area contributed by atoms with Crippen LogP contribution in [0.5, 0.6) is 0 Å². The molecule has 0 radical (unpaired) electrons. The van der Waals surface area contributed by atoms with Crippen molar-refractivity contribution in [1.29, 1.82) is 0 Å². The van der Waals surface area contributed by atoms with E-state index in [1.807, 2.05) is 18.2 Å². The van der Waals surface area contributed by atoms with Crippen LogP contribution in [0.1, 0.15) is 56.1 Å². The van der Waals surface area contributed by atoms with Crippen LogP contribution in [0.4, 0.5) is 30.2 Å². The van der Waals surface area contributed by atoms with Crippen LogP contribution in [-0.4, -0.2) is 13.0 Å². The largest absolute Gasteiger partial charge is 0.416 e. The second-order valence-electron chi connectivity index (χ2n) is 8.15. The van der Waals surface area contributed by atoms with E-state index in [4.69, 9.17) is 0 Å². The van der Waals surface area contributed by atoms with Crippen LogP contribution in [0.15, 0.2) is 42.5 Å². The summed E-state index contributed by atoms with van der Waals surface area (Å²) in [5, 5.41) is 9.28. The minimum absolute atomic E-state index is 0.0209. The van der Waals surface area contributed by atoms with E-state index in [1.165, 1.54) is 44.2 Å². The van der Waals surface area contributed by atoms with Crippen molar-refractivity contribution >= 4 is 23.0 Å². The Balaban J connectivity index is 1.53. The number of carbonyl (C=O) groups is 1. The molecular weight excluding hydrogens is 403 g/mol. The fraction of sp³-hybridized carbons (Fsp3) is 0.458. The first kappa shape index (κ1) is 23.0. The van der Waals surface area contributed by atoms with Gasteiger partial charge in [0.25, 0.3) is 0 Å². The number of nitrogens with one attached hydrogen (secondary N) is 3. The van der Waals surface area contributed by atoms with E-state index in [1.54, 1.807) is 7.05 Å². The number of carbonyl (C=O) groups excluding carboxylic acids is 1. The smallest absolute Gasteiger partial charge is 0.386 e. The second kappa shape index (κ2) is 10.6. The summed E-state index contributed by atoms with van der Waals surface area (Å²) in [5.74, 6) is 0.688. The zero-order valence-corrected chi connectivity index (χ0v) is 17.8. The summed E-state index contributed by atoms with van der Waals surface area (Å²) in [7, 11) is 1.78. The highest BCUT2D eigenvalue weighted by atomic mass is 19.4. The quantitative estimate of drug-likeness (QED) is 0.436. The van der Waals surface area contributed by atoms with E-state index in [2.05, 4.69) is 16.0 Å². The van der Waals surface area contributed by atoms with Gasteiger partial charge in [-0.05, 0) is 48.2 Å². The SMILES string of the molecule is CNc1cc(NCc2ccc(C(F)(F)F)cc2)ccc1NC(=O)CCC1CCCCC1. The minimum atomic E-state index is -4.33. The molecule has 3 rings (SSSR count). The first-order chi connectivity index (χ1) is 14.8. The van der Waals surface area contributed by atoms with E-state index < -0.39 is 11.7 Å². The monoisotopic (exact) mass is 433 g/mol. The second-order valence-corrected chi connectivity index (χ2v) is 8.15. The van der Waals surface area contributed by atoms with Crippen LogP contribution in [-0.2, 0) is 17.5 Å². The van der Waals surface area contributed by atoms with Gasteiger partial charge in [0.15, 0.2) is 0 Å². The summed E-state index contributed by atoms with van der Waals surface area (Å²) in [5.41, 5.74) is 2.40. The molecule has 0 aromatic heterocycles. The number of rotatable bonds is 8. The average molecular weight is 434 g/mol. The number of amides is 1. The fourth-order valence-electron chi connectivity index (χ4n) is 4.01. The van der Waals surface area contributed by atoms with Crippen LogP contribution in [0.25, 0.3) is 0 Å². The van der Waals surface area contributed by atoms with Crippen LogP contribution in [0.2, 0.25) is 0 Å². The molecule has 0 spiro atoms. The van der Waals surface area contributed by atoms with Gasteiger partial charge in [-0.15, -0.1) is 0 Å². The molecule has 3 N–H and O–H groups in total. The highest BCUT2D eigenvalue weighted by molar-refractivity contribution is 5.94. The highest BCUT2D eigenvalue weighted by Gasteiger charge is 2.29. The third-order valence-electron chi connectivity index (χ3n) is 5.85. The van der Waals surface area contributed by atoms with Crippen molar-refractivity contribution in [3.63, 3.8) is 0 Å². The maximum Gasteiger partial charge on any atom is 0.416 e. The highest BCUT2D eigenvalue weighted by Crippen LogP contribution is 2.30. The molecule has 1 amide bonds. The van der Waals surface area contributed by atoms with E-state index in [0.29, 0.717) is 18.9 Å². The molecule has 0 heterocycles. The Morgan fingerprint density at radius 3 is 2.35 bits per heavy atom. The van der Waals surface area contributed by atoms with Gasteiger partial charge in [0.2, 0.25) is 5.91 Å². The Morgan fingerprint density at radius 1 is 1.00 bits per heavy atom. The molecule has 31 heavy (non-hydrogen) atoms. The maximum absolute atomic E-state index is 12.7. The Kier molecular flexibility index (Phi) is 7.82. The van der Waals surface area contributed by atoms with Crippen LogP contribution >= 0.6 is 0 Å². The third kappa shape index (κ3) is 6.91. The molecule has 1 aliphatic carbocycles. The van der Waals surface area contributed by atoms with E-state index >= 15 is 0 Å². The van der Waals surface area contributed by atoms with Crippen molar-refractivity contribution in [2.75, 3.05) is 23.0 Å². The lowest BCUT2D eigenvalue weighted by Gasteiger charge is -2.21. The van der Waals surface area contributed by atoms with Gasteiger partial charge in [-0.1, -0.05) is 44.2 Å². The predicted molar refractivity (Wildman–Crippen MR) is 119 cm³/mol. The summed E-state index contributed by atoms with van der Waals surface area (Å²) >= 11 is 0. The van der Waals surface area contributed by atoms with Gasteiger partial charge >= 0.3 is 6.18 Å². The maximum atomic E-state index is 12.7. The molecule has 0 unspecified atom stereocenters. The van der Waals surface area contributed by atoms with Crippen molar-refractivity contribution in [3.8, 4) is 0 Å². The Labute approximate surface area is 181 Å². The van der Waals surface area contributed by atoms with Gasteiger partial charge in [0.05, 0.1) is 16.9 Å². The number of benzene rings is 2. The van der Waals surface area contributed by atoms with Crippen molar-refractivity contribution < 1.29 is 18.0 Å². The molecule has 1 aliphatic rings. The van der Waals surface area contributed by atoms with Gasteiger partial charge in [-0.3, -0.25) is 4.79 Å². The number of halogens is 3. The van der Waals surface area contributed by atoms with Crippen molar-refractivity contribution in [1.82, 2.24) is 0 Å². The number of hydrogen-bond acceptors (Lipinski definition) is 3. The summed E-state index contributed by atoms with van der Waals surface area (Å²) in [6, 6.07) is 10.7. The Hall–Kier alpha value is -2.70. The molecule has 0 atom stereocenters. The number of hydrogen-bond donors (Lipinski definition) is 3. The topological polar surface area (TPSA) is 53.2 Å². The summed E-state index contributed by atoms with van der Waals surface area (Å²) in [6.07, 6.45) is 3.46. The molecule has 1 saturated carbocycles. The standard InChI is InChI=1S/C24H30F3N3O/c1-28-22-15-20(29-16-18-7-10-19(11-8-18)24(25,26)27)12-13-21(22)30-23(31)14-9-17-5-3-2-4-6-17/h7-8,10-13,15,17,28-29H,2-6,9,14,16H2,1H3,(H,30,31). The normalized spacial score (nSPS) is 14.8. The Morgan fingerprint density at radius 2 is 1.71 bits per heavy atom. The van der Waals surface area contributed by atoms with Crippen molar-refractivity contribution in [3.05, 3.63) is 53.6 Å². The van der Waals surface area contributed by atoms with Crippen LogP contribution in [0.3, 0.4) is 0 Å². The number of anilines is 3. The van der Waals surface area contributed by atoms with E-state index in [9.17, 15) is 18.0 Å². The zero-order chi connectivity index (χ0) is 22.3. The van der Waals surface area contributed by atoms with Gasteiger partial charge in [0, 0.05) is 25.7 Å². The molecule has 168 valence electrons. The Bertz CT molecular complexity index is 859. The van der Waals surface area contributed by atoms with E-state index in [-0.39, 0.29) is 5.91 Å². The molecule has 7 heteroatoms. The lowest BCUT2D eigenvalue weighted by atomic mass is 9.86. The number of alkyl halides is 3. The van der Waals surface area contributed by atoms with E-state index in [0.717, 1.165) is 41.2 Å². The first-order valence-electron chi connectivity index (χ1n) is 10.9. The average Bonchev–Trinajstić information content (AvgIpc) is 2.77. The zero-order valence-electron chi connectivity index (χ0n) is 17.8. The van der Waals surface area contributed by atoms with Gasteiger partial charge in [-0.25, -0.2) is 0 Å². The lowest BCUT2D eigenvalue weighted by Crippen LogP contribution is -2.15. The summed E-state index contributed by atoms with van der Waals surface area (Å²) in [6.45, 7) is 0.397. The molecular formula is C24H30F3N3O. The minimum Gasteiger partial charge on any atom is -0.386 e. The fourth-order valence-corrected chi connectivity index (χ4v) is 4.01. The molecule has 2 aromatic rings. The molecule has 0 aliphatic heterocycles. The predicted octanol–water partition coefficient (Wildman–Crippen LogP) is 6.66. The summed E-state index contributed by atoms with van der Waals surface area (Å²) in [4.78, 5) is 12.4. The van der Waals surface area contributed by atoms with Crippen molar-refractivity contribution in [2.24, 2.45) is 5.92 Å². The molecule has 2 aromatic carbocycles. The lowest BCUT2D eigenvalue weighted by molar-refractivity contribution is -0.137. The third-order valence-corrected chi connectivity index (χ3v) is 5.85. The first-order valence-corrected chi connectivity index (χ1v) is 10.9. The molecule has 1 fully saturated rings. The molecule has 0 saturated heterocycles. The van der Waals surface area contributed by atoms with Crippen molar-refractivity contribution in [2.45, 2.75) is 57.7 Å². The summed E-state index contributed by atoms with van der Waals surface area (Å²) < 4.78 is 38.0. The molecule has 0 bridgehead atoms. The van der Waals surface area contributed by atoms with Gasteiger partial charge in [0.1, 0.15) is 0 Å². The van der Waals surface area contributed by atoms with Crippen LogP contribution in [0, 0.1) is 5.92 Å².